The molecular weight excluding hydrogens is 224 g/mol. The van der Waals surface area contributed by atoms with Gasteiger partial charge in [-0.15, -0.1) is 0 Å². The molecule has 2 aromatic rings. The SMILES string of the molecule is Cc1ccc(Nc2c(C#N)c(C)nn2C)c(C)c1. The Morgan fingerprint density at radius 1 is 1.28 bits per heavy atom. The van der Waals surface area contributed by atoms with Crippen LogP contribution in [-0.4, -0.2) is 9.78 Å². The molecule has 0 fully saturated rings. The molecule has 0 aliphatic carbocycles. The molecule has 0 aliphatic rings. The van der Waals surface area contributed by atoms with Crippen molar-refractivity contribution in [2.75, 3.05) is 5.32 Å². The number of hydrogen-bond acceptors (Lipinski definition) is 3. The smallest absolute Gasteiger partial charge is 0.146 e. The van der Waals surface area contributed by atoms with Gasteiger partial charge in [0.1, 0.15) is 17.5 Å². The molecule has 1 heterocycles. The average Bonchev–Trinajstić information content (AvgIpc) is 2.57. The van der Waals surface area contributed by atoms with Crippen molar-refractivity contribution < 1.29 is 0 Å². The van der Waals surface area contributed by atoms with Crippen molar-refractivity contribution in [1.82, 2.24) is 9.78 Å². The third-order valence-electron chi connectivity index (χ3n) is 2.97. The molecule has 18 heavy (non-hydrogen) atoms. The predicted molar refractivity (Wildman–Crippen MR) is 71.9 cm³/mol. The van der Waals surface area contributed by atoms with Crippen molar-refractivity contribution in [1.29, 1.82) is 5.26 Å². The highest BCUT2D eigenvalue weighted by molar-refractivity contribution is 5.66. The van der Waals surface area contributed by atoms with Gasteiger partial charge in [-0.25, -0.2) is 0 Å². The molecule has 0 amide bonds. The van der Waals surface area contributed by atoms with Crippen LogP contribution >= 0.6 is 0 Å². The van der Waals surface area contributed by atoms with Gasteiger partial charge in [-0.1, -0.05) is 17.7 Å². The van der Waals surface area contributed by atoms with E-state index < -0.39 is 0 Å². The monoisotopic (exact) mass is 240 g/mol. The van der Waals surface area contributed by atoms with Crippen LogP contribution in [0.1, 0.15) is 22.4 Å². The van der Waals surface area contributed by atoms with E-state index in [0.29, 0.717) is 5.56 Å². The fourth-order valence-electron chi connectivity index (χ4n) is 2.02. The minimum atomic E-state index is 0.595. The number of aromatic nitrogens is 2. The quantitative estimate of drug-likeness (QED) is 0.878. The lowest BCUT2D eigenvalue weighted by Crippen LogP contribution is -2.01. The number of anilines is 2. The first-order chi connectivity index (χ1) is 8.52. The minimum absolute atomic E-state index is 0.595. The number of benzene rings is 1. The molecule has 0 unspecified atom stereocenters. The molecule has 0 saturated carbocycles. The van der Waals surface area contributed by atoms with Crippen LogP contribution in [0.15, 0.2) is 18.2 Å². The maximum absolute atomic E-state index is 9.16. The van der Waals surface area contributed by atoms with Gasteiger partial charge < -0.3 is 5.32 Å². The van der Waals surface area contributed by atoms with Crippen molar-refractivity contribution in [3.05, 3.63) is 40.6 Å². The summed E-state index contributed by atoms with van der Waals surface area (Å²) >= 11 is 0. The van der Waals surface area contributed by atoms with E-state index in [4.69, 9.17) is 5.26 Å². The van der Waals surface area contributed by atoms with Crippen LogP contribution in [-0.2, 0) is 7.05 Å². The average molecular weight is 240 g/mol. The number of rotatable bonds is 2. The van der Waals surface area contributed by atoms with E-state index in [9.17, 15) is 0 Å². The summed E-state index contributed by atoms with van der Waals surface area (Å²) in [5, 5.41) is 16.7. The number of nitrogens with zero attached hydrogens (tertiary/aromatic N) is 3. The number of nitrogens with one attached hydrogen (secondary N) is 1. The normalized spacial score (nSPS) is 10.2. The van der Waals surface area contributed by atoms with Crippen molar-refractivity contribution >= 4 is 11.5 Å². The van der Waals surface area contributed by atoms with E-state index in [0.717, 1.165) is 22.8 Å². The Kier molecular flexibility index (Phi) is 3.07. The maximum atomic E-state index is 9.16. The summed E-state index contributed by atoms with van der Waals surface area (Å²) in [4.78, 5) is 0. The van der Waals surface area contributed by atoms with E-state index >= 15 is 0 Å². The molecule has 0 bridgehead atoms. The molecule has 4 nitrogen and oxygen atoms in total. The summed E-state index contributed by atoms with van der Waals surface area (Å²) in [7, 11) is 1.83. The van der Waals surface area contributed by atoms with E-state index in [1.807, 2.05) is 33.0 Å². The summed E-state index contributed by atoms with van der Waals surface area (Å²) in [6.45, 7) is 5.95. The zero-order valence-corrected chi connectivity index (χ0v) is 11.1. The van der Waals surface area contributed by atoms with Crippen LogP contribution < -0.4 is 5.32 Å². The first-order valence-corrected chi connectivity index (χ1v) is 5.81. The van der Waals surface area contributed by atoms with E-state index in [2.05, 4.69) is 29.5 Å². The van der Waals surface area contributed by atoms with E-state index in [-0.39, 0.29) is 0 Å². The van der Waals surface area contributed by atoms with Crippen LogP contribution in [0.25, 0.3) is 0 Å². The van der Waals surface area contributed by atoms with Gasteiger partial charge in [0.25, 0.3) is 0 Å². The Morgan fingerprint density at radius 3 is 2.61 bits per heavy atom. The van der Waals surface area contributed by atoms with Crippen LogP contribution in [0.4, 0.5) is 11.5 Å². The second kappa shape index (κ2) is 4.53. The number of nitriles is 1. The van der Waals surface area contributed by atoms with E-state index in [1.165, 1.54) is 5.56 Å². The van der Waals surface area contributed by atoms with Gasteiger partial charge in [-0.05, 0) is 32.4 Å². The van der Waals surface area contributed by atoms with Crippen molar-refractivity contribution in [2.45, 2.75) is 20.8 Å². The highest BCUT2D eigenvalue weighted by Gasteiger charge is 2.13. The van der Waals surface area contributed by atoms with Crippen LogP contribution in [0.5, 0.6) is 0 Å². The highest BCUT2D eigenvalue weighted by Crippen LogP contribution is 2.25. The summed E-state index contributed by atoms with van der Waals surface area (Å²) in [6, 6.07) is 8.37. The maximum Gasteiger partial charge on any atom is 0.146 e. The van der Waals surface area contributed by atoms with Gasteiger partial charge in [0.2, 0.25) is 0 Å². The lowest BCUT2D eigenvalue weighted by atomic mass is 10.1. The number of hydrogen-bond donors (Lipinski definition) is 1. The molecule has 0 aliphatic heterocycles. The first kappa shape index (κ1) is 12.2. The standard InChI is InChI=1S/C14H16N4/c1-9-5-6-13(10(2)7-9)16-14-12(8-15)11(3)17-18(14)4/h5-7,16H,1-4H3. The van der Waals surface area contributed by atoms with E-state index in [1.54, 1.807) is 4.68 Å². The van der Waals surface area contributed by atoms with Gasteiger partial charge in [0.15, 0.2) is 0 Å². The molecule has 4 heteroatoms. The molecule has 1 aromatic heterocycles. The van der Waals surface area contributed by atoms with Crippen LogP contribution in [0, 0.1) is 32.1 Å². The Labute approximate surface area is 107 Å². The van der Waals surface area contributed by atoms with Gasteiger partial charge in [-0.3, -0.25) is 4.68 Å². The van der Waals surface area contributed by atoms with Crippen molar-refractivity contribution in [3.8, 4) is 6.07 Å². The van der Waals surface area contributed by atoms with Gasteiger partial charge >= 0.3 is 0 Å². The summed E-state index contributed by atoms with van der Waals surface area (Å²) in [6.07, 6.45) is 0. The second-order valence-corrected chi connectivity index (χ2v) is 4.49. The molecular formula is C14H16N4. The molecule has 0 saturated heterocycles. The Balaban J connectivity index is 2.43. The molecule has 92 valence electrons. The van der Waals surface area contributed by atoms with Crippen LogP contribution in [0.2, 0.25) is 0 Å². The molecule has 1 aromatic carbocycles. The molecule has 0 radical (unpaired) electrons. The van der Waals surface area contributed by atoms with Gasteiger partial charge in [0, 0.05) is 12.7 Å². The fraction of sp³-hybridized carbons (Fsp3) is 0.286. The summed E-state index contributed by atoms with van der Waals surface area (Å²) in [5.74, 6) is 0.738. The molecule has 0 atom stereocenters. The summed E-state index contributed by atoms with van der Waals surface area (Å²) < 4.78 is 1.70. The molecule has 2 rings (SSSR count). The molecule has 1 N–H and O–H groups in total. The third kappa shape index (κ3) is 2.07. The lowest BCUT2D eigenvalue weighted by molar-refractivity contribution is 0.765. The largest absolute Gasteiger partial charge is 0.339 e. The highest BCUT2D eigenvalue weighted by atomic mass is 15.3. The van der Waals surface area contributed by atoms with Crippen molar-refractivity contribution in [2.24, 2.45) is 7.05 Å². The predicted octanol–water partition coefficient (Wildman–Crippen LogP) is 2.96. The van der Waals surface area contributed by atoms with Gasteiger partial charge in [-0.2, -0.15) is 10.4 Å². The number of aryl methyl sites for hydroxylation is 4. The minimum Gasteiger partial charge on any atom is -0.339 e. The Bertz CT molecular complexity index is 632. The van der Waals surface area contributed by atoms with Crippen LogP contribution in [0.3, 0.4) is 0 Å². The Morgan fingerprint density at radius 2 is 2.00 bits per heavy atom. The fourth-order valence-corrected chi connectivity index (χ4v) is 2.02. The lowest BCUT2D eigenvalue weighted by Gasteiger charge is -2.10. The third-order valence-corrected chi connectivity index (χ3v) is 2.97. The Hall–Kier alpha value is -2.28. The zero-order valence-electron chi connectivity index (χ0n) is 11.1. The summed E-state index contributed by atoms with van der Waals surface area (Å²) in [5.41, 5.74) is 4.71. The topological polar surface area (TPSA) is 53.6 Å². The molecule has 0 spiro atoms. The second-order valence-electron chi connectivity index (χ2n) is 4.49. The van der Waals surface area contributed by atoms with Crippen molar-refractivity contribution in [3.63, 3.8) is 0 Å². The van der Waals surface area contributed by atoms with Gasteiger partial charge in [0.05, 0.1) is 5.69 Å². The first-order valence-electron chi connectivity index (χ1n) is 5.81. The zero-order chi connectivity index (χ0) is 13.3.